The van der Waals surface area contributed by atoms with E-state index >= 15 is 0 Å². The normalized spacial score (nSPS) is 12.0. The SMILES string of the molecule is O=C(NCCc1ccc2c(c1)OCO2)Oc1ccc(-n2cccc2)cc1. The first-order valence-electron chi connectivity index (χ1n) is 8.35. The second-order valence-electron chi connectivity index (χ2n) is 5.84. The molecule has 0 atom stereocenters. The summed E-state index contributed by atoms with van der Waals surface area (Å²) >= 11 is 0. The molecule has 1 aromatic heterocycles. The van der Waals surface area contributed by atoms with Crippen molar-refractivity contribution < 1.29 is 19.0 Å². The van der Waals surface area contributed by atoms with E-state index in [1.165, 1.54) is 0 Å². The van der Waals surface area contributed by atoms with E-state index in [9.17, 15) is 4.79 Å². The van der Waals surface area contributed by atoms with Crippen LogP contribution in [0.5, 0.6) is 17.2 Å². The summed E-state index contributed by atoms with van der Waals surface area (Å²) in [7, 11) is 0. The predicted octanol–water partition coefficient (Wildman–Crippen LogP) is 3.54. The number of hydrogen-bond donors (Lipinski definition) is 1. The number of rotatable bonds is 5. The zero-order valence-corrected chi connectivity index (χ0v) is 14.1. The van der Waals surface area contributed by atoms with Gasteiger partial charge in [-0.1, -0.05) is 6.07 Å². The summed E-state index contributed by atoms with van der Waals surface area (Å²) in [5.74, 6) is 2.00. The van der Waals surface area contributed by atoms with Crippen molar-refractivity contribution in [3.63, 3.8) is 0 Å². The number of carbonyl (C=O) groups is 1. The quantitative estimate of drug-likeness (QED) is 0.765. The molecule has 2 aromatic carbocycles. The Labute approximate surface area is 150 Å². The van der Waals surface area contributed by atoms with Crippen LogP contribution in [0.15, 0.2) is 67.0 Å². The molecule has 1 aliphatic heterocycles. The van der Waals surface area contributed by atoms with Crippen LogP contribution in [0.25, 0.3) is 5.69 Å². The van der Waals surface area contributed by atoms with Crippen LogP contribution in [0.4, 0.5) is 4.79 Å². The van der Waals surface area contributed by atoms with Crippen molar-refractivity contribution in [1.29, 1.82) is 0 Å². The fourth-order valence-corrected chi connectivity index (χ4v) is 2.74. The van der Waals surface area contributed by atoms with Crippen LogP contribution in [0.1, 0.15) is 5.56 Å². The summed E-state index contributed by atoms with van der Waals surface area (Å²) in [6.07, 6.45) is 4.12. The Kier molecular flexibility index (Phi) is 4.47. The zero-order chi connectivity index (χ0) is 17.8. The molecule has 3 aromatic rings. The topological polar surface area (TPSA) is 61.7 Å². The highest BCUT2D eigenvalue weighted by molar-refractivity contribution is 5.70. The number of hydrogen-bond acceptors (Lipinski definition) is 4. The highest BCUT2D eigenvalue weighted by Gasteiger charge is 2.13. The molecule has 132 valence electrons. The Morgan fingerprint density at radius 3 is 2.62 bits per heavy atom. The maximum Gasteiger partial charge on any atom is 0.412 e. The van der Waals surface area contributed by atoms with Crippen LogP contribution in [0.2, 0.25) is 0 Å². The van der Waals surface area contributed by atoms with Crippen molar-refractivity contribution in [3.05, 3.63) is 72.6 Å². The van der Waals surface area contributed by atoms with E-state index in [4.69, 9.17) is 14.2 Å². The van der Waals surface area contributed by atoms with Crippen molar-refractivity contribution in [2.75, 3.05) is 13.3 Å². The maximum atomic E-state index is 11.9. The third-order valence-electron chi connectivity index (χ3n) is 4.07. The van der Waals surface area contributed by atoms with E-state index in [0.717, 1.165) is 22.7 Å². The maximum absolute atomic E-state index is 11.9. The smallest absolute Gasteiger partial charge is 0.412 e. The minimum atomic E-state index is -0.473. The van der Waals surface area contributed by atoms with Gasteiger partial charge in [0.1, 0.15) is 5.75 Å². The van der Waals surface area contributed by atoms with Gasteiger partial charge in [0.2, 0.25) is 6.79 Å². The lowest BCUT2D eigenvalue weighted by atomic mass is 10.1. The molecule has 0 radical (unpaired) electrons. The van der Waals surface area contributed by atoms with Gasteiger partial charge in [0.05, 0.1) is 0 Å². The standard InChI is InChI=1S/C20H18N2O4/c23-20(21-10-9-15-3-8-18-19(13-15)25-14-24-18)26-17-6-4-16(5-7-17)22-11-1-2-12-22/h1-8,11-13H,9-10,14H2,(H,21,23). The minimum absolute atomic E-state index is 0.256. The van der Waals surface area contributed by atoms with E-state index in [1.807, 2.05) is 59.4 Å². The Bertz CT molecular complexity index is 889. The van der Waals surface area contributed by atoms with Crippen molar-refractivity contribution in [1.82, 2.24) is 9.88 Å². The van der Waals surface area contributed by atoms with Crippen LogP contribution in [0, 0.1) is 0 Å². The molecule has 2 heterocycles. The molecule has 4 rings (SSSR count). The highest BCUT2D eigenvalue weighted by atomic mass is 16.7. The fourth-order valence-electron chi connectivity index (χ4n) is 2.74. The lowest BCUT2D eigenvalue weighted by Crippen LogP contribution is -2.28. The van der Waals surface area contributed by atoms with E-state index in [1.54, 1.807) is 12.1 Å². The van der Waals surface area contributed by atoms with Gasteiger partial charge in [-0.2, -0.15) is 0 Å². The van der Waals surface area contributed by atoms with Gasteiger partial charge < -0.3 is 24.1 Å². The van der Waals surface area contributed by atoms with Gasteiger partial charge in [-0.3, -0.25) is 0 Å². The van der Waals surface area contributed by atoms with E-state index in [-0.39, 0.29) is 6.79 Å². The van der Waals surface area contributed by atoms with Gasteiger partial charge in [-0.25, -0.2) is 4.79 Å². The average Bonchev–Trinajstić information content (AvgIpc) is 3.34. The van der Waals surface area contributed by atoms with Crippen LogP contribution >= 0.6 is 0 Å². The highest BCUT2D eigenvalue weighted by Crippen LogP contribution is 2.32. The van der Waals surface area contributed by atoms with Crippen LogP contribution in [0.3, 0.4) is 0 Å². The van der Waals surface area contributed by atoms with Crippen molar-refractivity contribution in [2.45, 2.75) is 6.42 Å². The molecule has 0 aliphatic carbocycles. The molecule has 1 aliphatic rings. The number of benzene rings is 2. The van der Waals surface area contributed by atoms with E-state index in [0.29, 0.717) is 18.7 Å². The van der Waals surface area contributed by atoms with Gasteiger partial charge in [-0.05, 0) is 60.5 Å². The molecule has 6 heteroatoms. The lowest BCUT2D eigenvalue weighted by Gasteiger charge is -2.08. The third-order valence-corrected chi connectivity index (χ3v) is 4.07. The summed E-state index contributed by atoms with van der Waals surface area (Å²) in [5.41, 5.74) is 2.07. The van der Waals surface area contributed by atoms with Gasteiger partial charge in [-0.15, -0.1) is 0 Å². The summed E-state index contributed by atoms with van der Waals surface area (Å²) < 4.78 is 17.9. The Morgan fingerprint density at radius 1 is 1.04 bits per heavy atom. The molecule has 0 saturated heterocycles. The van der Waals surface area contributed by atoms with Crippen LogP contribution < -0.4 is 19.5 Å². The monoisotopic (exact) mass is 350 g/mol. The first kappa shape index (κ1) is 16.1. The molecule has 0 spiro atoms. The molecule has 6 nitrogen and oxygen atoms in total. The molecular formula is C20H18N2O4. The number of nitrogens with zero attached hydrogens (tertiary/aromatic N) is 1. The van der Waals surface area contributed by atoms with Gasteiger partial charge in [0.15, 0.2) is 11.5 Å². The fraction of sp³-hybridized carbons (Fsp3) is 0.150. The number of amides is 1. The number of aromatic nitrogens is 1. The van der Waals surface area contributed by atoms with Gasteiger partial charge in [0, 0.05) is 24.6 Å². The summed E-state index contributed by atoms with van der Waals surface area (Å²) in [5, 5.41) is 2.75. The molecular weight excluding hydrogens is 332 g/mol. The summed E-state index contributed by atoms with van der Waals surface area (Å²) in [6, 6.07) is 17.0. The second-order valence-corrected chi connectivity index (χ2v) is 5.84. The number of fused-ring (bicyclic) bond motifs is 1. The first-order valence-corrected chi connectivity index (χ1v) is 8.35. The van der Waals surface area contributed by atoms with Crippen molar-refractivity contribution in [2.24, 2.45) is 0 Å². The van der Waals surface area contributed by atoms with Crippen LogP contribution in [-0.4, -0.2) is 24.0 Å². The van der Waals surface area contributed by atoms with Gasteiger partial charge in [0.25, 0.3) is 0 Å². The Morgan fingerprint density at radius 2 is 1.81 bits per heavy atom. The zero-order valence-electron chi connectivity index (χ0n) is 14.1. The predicted molar refractivity (Wildman–Crippen MR) is 96.1 cm³/mol. The lowest BCUT2D eigenvalue weighted by molar-refractivity contribution is 0.174. The first-order chi connectivity index (χ1) is 12.8. The van der Waals surface area contributed by atoms with Crippen molar-refractivity contribution >= 4 is 6.09 Å². The number of carbonyl (C=O) groups excluding carboxylic acids is 1. The summed E-state index contributed by atoms with van der Waals surface area (Å²) in [6.45, 7) is 0.729. The Balaban J connectivity index is 1.26. The molecule has 0 bridgehead atoms. The largest absolute Gasteiger partial charge is 0.454 e. The van der Waals surface area contributed by atoms with E-state index < -0.39 is 6.09 Å². The number of ether oxygens (including phenoxy) is 3. The molecule has 0 unspecified atom stereocenters. The summed E-state index contributed by atoms with van der Waals surface area (Å²) in [4.78, 5) is 11.9. The molecule has 26 heavy (non-hydrogen) atoms. The molecule has 0 fully saturated rings. The molecule has 1 amide bonds. The molecule has 0 saturated carbocycles. The van der Waals surface area contributed by atoms with Crippen LogP contribution in [-0.2, 0) is 6.42 Å². The molecule has 1 N–H and O–H groups in total. The Hall–Kier alpha value is -3.41. The second kappa shape index (κ2) is 7.23. The third kappa shape index (κ3) is 3.64. The van der Waals surface area contributed by atoms with E-state index in [2.05, 4.69) is 5.32 Å². The average molecular weight is 350 g/mol. The van der Waals surface area contributed by atoms with Gasteiger partial charge >= 0.3 is 6.09 Å². The minimum Gasteiger partial charge on any atom is -0.454 e. The number of nitrogens with one attached hydrogen (secondary N) is 1. The van der Waals surface area contributed by atoms with Crippen molar-refractivity contribution in [3.8, 4) is 22.9 Å².